The van der Waals surface area contributed by atoms with Crippen molar-refractivity contribution in [2.45, 2.75) is 46.1 Å². The Morgan fingerprint density at radius 2 is 1.80 bits per heavy atom. The van der Waals surface area contributed by atoms with E-state index in [-0.39, 0.29) is 18.4 Å². The van der Waals surface area contributed by atoms with Gasteiger partial charge in [-0.05, 0) is 78.6 Å². The Hall–Kier alpha value is -5.05. The smallest absolute Gasteiger partial charge is 0.225 e. The third-order valence-electron chi connectivity index (χ3n) is 7.44. The van der Waals surface area contributed by atoms with Crippen molar-refractivity contribution in [3.8, 4) is 0 Å². The SMILES string of the molecule is Cc1ccc(C(NC(=O)Cc2ccc3oc(C(c4nnn[nH]4)c4c(C)noc4C)cc3c2)c2ccccc2)c(C)c1. The number of carbonyl (C=O) groups excluding carboxylic acids is 1. The quantitative estimate of drug-likeness (QED) is 0.247. The summed E-state index contributed by atoms with van der Waals surface area (Å²) in [5.41, 5.74) is 7.61. The molecule has 0 aliphatic carbocycles. The van der Waals surface area contributed by atoms with E-state index in [0.29, 0.717) is 22.9 Å². The molecule has 0 aliphatic heterocycles. The number of carbonyl (C=O) groups is 1. The molecule has 0 fully saturated rings. The average Bonchev–Trinajstić information content (AvgIpc) is 3.71. The Balaban J connectivity index is 1.28. The van der Waals surface area contributed by atoms with Crippen molar-refractivity contribution in [3.63, 3.8) is 0 Å². The van der Waals surface area contributed by atoms with E-state index in [1.807, 2.05) is 68.4 Å². The molecule has 2 atom stereocenters. The molecule has 3 aromatic carbocycles. The van der Waals surface area contributed by atoms with Crippen molar-refractivity contribution in [1.29, 1.82) is 0 Å². The van der Waals surface area contributed by atoms with Crippen molar-refractivity contribution in [2.24, 2.45) is 0 Å². The molecule has 41 heavy (non-hydrogen) atoms. The van der Waals surface area contributed by atoms with E-state index in [1.165, 1.54) is 5.56 Å². The van der Waals surface area contributed by atoms with Crippen LogP contribution in [0.5, 0.6) is 0 Å². The standard InChI is InChI=1S/C32H30N6O3/c1-18-10-12-25(19(2)14-18)31(23-8-6-5-7-9-23)33-28(39)16-22-11-13-26-24(15-22)17-27(40-26)30(32-34-37-38-35-32)29-20(3)36-41-21(29)4/h5-15,17,30-31H,16H2,1-4H3,(H,33,39)(H,34,35,37,38). The second kappa shape index (κ2) is 10.8. The van der Waals surface area contributed by atoms with Gasteiger partial charge in [0, 0.05) is 10.9 Å². The third-order valence-corrected chi connectivity index (χ3v) is 7.44. The molecule has 0 saturated carbocycles. The summed E-state index contributed by atoms with van der Waals surface area (Å²) in [5, 5.41) is 22.8. The molecule has 6 aromatic rings. The third kappa shape index (κ3) is 5.26. The van der Waals surface area contributed by atoms with Gasteiger partial charge < -0.3 is 14.3 Å². The van der Waals surface area contributed by atoms with Gasteiger partial charge in [0.25, 0.3) is 0 Å². The Labute approximate surface area is 237 Å². The number of tetrazole rings is 1. The number of fused-ring (bicyclic) bond motifs is 1. The maximum absolute atomic E-state index is 13.4. The van der Waals surface area contributed by atoms with Gasteiger partial charge in [0.15, 0.2) is 5.82 Å². The highest BCUT2D eigenvalue weighted by molar-refractivity contribution is 5.83. The predicted octanol–water partition coefficient (Wildman–Crippen LogP) is 5.80. The molecule has 9 nitrogen and oxygen atoms in total. The fourth-order valence-corrected chi connectivity index (χ4v) is 5.50. The maximum Gasteiger partial charge on any atom is 0.225 e. The summed E-state index contributed by atoms with van der Waals surface area (Å²) in [7, 11) is 0. The molecular formula is C32H30N6O3. The summed E-state index contributed by atoms with van der Waals surface area (Å²) < 4.78 is 11.7. The number of rotatable bonds is 8. The first kappa shape index (κ1) is 26.2. The topological polar surface area (TPSA) is 123 Å². The van der Waals surface area contributed by atoms with Crippen LogP contribution in [0.1, 0.15) is 68.4 Å². The first-order chi connectivity index (χ1) is 19.9. The van der Waals surface area contributed by atoms with Crippen LogP contribution >= 0.6 is 0 Å². The molecular weight excluding hydrogens is 516 g/mol. The number of nitrogens with zero attached hydrogens (tertiary/aromatic N) is 4. The summed E-state index contributed by atoms with van der Waals surface area (Å²) in [6.07, 6.45) is 0.226. The number of hydrogen-bond acceptors (Lipinski definition) is 7. The number of benzene rings is 3. The van der Waals surface area contributed by atoms with Gasteiger partial charge in [-0.1, -0.05) is 65.3 Å². The van der Waals surface area contributed by atoms with Crippen LogP contribution in [0.4, 0.5) is 0 Å². The van der Waals surface area contributed by atoms with Crippen LogP contribution in [0.3, 0.4) is 0 Å². The molecule has 9 heteroatoms. The second-order valence-corrected chi connectivity index (χ2v) is 10.4. The van der Waals surface area contributed by atoms with Crippen LogP contribution in [0, 0.1) is 27.7 Å². The first-order valence-corrected chi connectivity index (χ1v) is 13.5. The maximum atomic E-state index is 13.4. The van der Waals surface area contributed by atoms with E-state index in [2.05, 4.69) is 63.1 Å². The molecule has 0 aliphatic rings. The van der Waals surface area contributed by atoms with Crippen LogP contribution < -0.4 is 5.32 Å². The van der Waals surface area contributed by atoms with E-state index >= 15 is 0 Å². The molecule has 2 N–H and O–H groups in total. The number of aromatic amines is 1. The molecule has 3 heterocycles. The van der Waals surface area contributed by atoms with E-state index in [9.17, 15) is 4.79 Å². The van der Waals surface area contributed by atoms with Crippen LogP contribution in [0.15, 0.2) is 81.7 Å². The Morgan fingerprint density at radius 1 is 0.976 bits per heavy atom. The Morgan fingerprint density at radius 3 is 2.51 bits per heavy atom. The van der Waals surface area contributed by atoms with Gasteiger partial charge in [0.1, 0.15) is 23.0 Å². The van der Waals surface area contributed by atoms with Crippen LogP contribution in [-0.4, -0.2) is 31.7 Å². The summed E-state index contributed by atoms with van der Waals surface area (Å²) in [6, 6.07) is 23.9. The predicted molar refractivity (Wildman–Crippen MR) is 153 cm³/mol. The summed E-state index contributed by atoms with van der Waals surface area (Å²) in [5.74, 6) is 1.35. The summed E-state index contributed by atoms with van der Waals surface area (Å²) in [4.78, 5) is 13.4. The van der Waals surface area contributed by atoms with Gasteiger partial charge >= 0.3 is 0 Å². The molecule has 1 amide bonds. The number of aromatic nitrogens is 5. The zero-order chi connectivity index (χ0) is 28.5. The minimum atomic E-state index is -0.417. The van der Waals surface area contributed by atoms with E-state index < -0.39 is 5.92 Å². The van der Waals surface area contributed by atoms with Crippen LogP contribution in [-0.2, 0) is 11.2 Å². The first-order valence-electron chi connectivity index (χ1n) is 13.5. The number of amides is 1. The van der Waals surface area contributed by atoms with Crippen LogP contribution in [0.25, 0.3) is 11.0 Å². The monoisotopic (exact) mass is 546 g/mol. The lowest BCUT2D eigenvalue weighted by molar-refractivity contribution is -0.120. The van der Waals surface area contributed by atoms with E-state index in [4.69, 9.17) is 8.94 Å². The fourth-order valence-electron chi connectivity index (χ4n) is 5.50. The van der Waals surface area contributed by atoms with Crippen LogP contribution in [0.2, 0.25) is 0 Å². The molecule has 0 bridgehead atoms. The number of H-pyrrole nitrogens is 1. The van der Waals surface area contributed by atoms with Gasteiger partial charge in [-0.15, -0.1) is 5.10 Å². The number of hydrogen-bond donors (Lipinski definition) is 2. The number of furan rings is 1. The lowest BCUT2D eigenvalue weighted by Crippen LogP contribution is -2.31. The molecule has 6 rings (SSSR count). The van der Waals surface area contributed by atoms with Gasteiger partial charge in [-0.2, -0.15) is 0 Å². The Bertz CT molecular complexity index is 1800. The summed E-state index contributed by atoms with van der Waals surface area (Å²) >= 11 is 0. The van der Waals surface area contributed by atoms with Gasteiger partial charge in [-0.3, -0.25) is 4.79 Å². The largest absolute Gasteiger partial charge is 0.460 e. The molecule has 206 valence electrons. The summed E-state index contributed by atoms with van der Waals surface area (Å²) in [6.45, 7) is 7.89. The van der Waals surface area contributed by atoms with Crippen molar-refractivity contribution >= 4 is 16.9 Å². The molecule has 0 saturated heterocycles. The van der Waals surface area contributed by atoms with Gasteiger partial charge in [0.05, 0.1) is 18.2 Å². The highest BCUT2D eigenvalue weighted by Gasteiger charge is 2.30. The number of aryl methyl sites for hydroxylation is 4. The van der Waals surface area contributed by atoms with Gasteiger partial charge in [0.2, 0.25) is 5.91 Å². The average molecular weight is 547 g/mol. The zero-order valence-electron chi connectivity index (χ0n) is 23.3. The highest BCUT2D eigenvalue weighted by Crippen LogP contribution is 2.37. The minimum absolute atomic E-state index is 0.0665. The molecule has 0 radical (unpaired) electrons. The second-order valence-electron chi connectivity index (χ2n) is 10.4. The van der Waals surface area contributed by atoms with Crippen molar-refractivity contribution < 1.29 is 13.7 Å². The molecule has 2 unspecified atom stereocenters. The fraction of sp³-hybridized carbons (Fsp3) is 0.219. The van der Waals surface area contributed by atoms with Crippen molar-refractivity contribution in [3.05, 3.63) is 129 Å². The Kier molecular flexibility index (Phi) is 6.93. The van der Waals surface area contributed by atoms with Crippen molar-refractivity contribution in [2.75, 3.05) is 0 Å². The molecule has 3 aromatic heterocycles. The molecule has 0 spiro atoms. The normalized spacial score (nSPS) is 12.9. The van der Waals surface area contributed by atoms with Gasteiger partial charge in [-0.25, -0.2) is 5.10 Å². The van der Waals surface area contributed by atoms with Crippen molar-refractivity contribution in [1.82, 2.24) is 31.1 Å². The van der Waals surface area contributed by atoms with E-state index in [1.54, 1.807) is 0 Å². The lowest BCUT2D eigenvalue weighted by Gasteiger charge is -2.22. The zero-order valence-corrected chi connectivity index (χ0v) is 23.3. The minimum Gasteiger partial charge on any atom is -0.460 e. The highest BCUT2D eigenvalue weighted by atomic mass is 16.5. The van der Waals surface area contributed by atoms with E-state index in [0.717, 1.165) is 38.9 Å². The number of nitrogens with one attached hydrogen (secondary N) is 2. The lowest BCUT2D eigenvalue weighted by atomic mass is 9.93.